The average molecular weight is 397 g/mol. The SMILES string of the molecule is Cc1nc(NCCNC(=O)/C=C/c2ccccc2Cl)cc(-n2ccnc2C)n1. The number of carbonyl (C=O) groups excluding carboxylic acids is 1. The van der Waals surface area contributed by atoms with Crippen molar-refractivity contribution < 1.29 is 4.79 Å². The van der Waals surface area contributed by atoms with E-state index in [9.17, 15) is 4.79 Å². The molecule has 0 atom stereocenters. The fourth-order valence-electron chi connectivity index (χ4n) is 2.60. The maximum Gasteiger partial charge on any atom is 0.244 e. The predicted molar refractivity (Wildman–Crippen MR) is 111 cm³/mol. The van der Waals surface area contributed by atoms with Crippen molar-refractivity contribution >= 4 is 29.4 Å². The van der Waals surface area contributed by atoms with Gasteiger partial charge in [0.1, 0.15) is 23.3 Å². The topological polar surface area (TPSA) is 84.7 Å². The standard InChI is InChI=1S/C20H21ClN6O/c1-14-25-18(13-19(26-14)27-12-11-22-15(27)2)23-9-10-24-20(28)8-7-16-5-3-4-6-17(16)21/h3-8,11-13H,9-10H2,1-2H3,(H,24,28)(H,23,25,26)/b8-7+. The molecule has 1 amide bonds. The summed E-state index contributed by atoms with van der Waals surface area (Å²) in [5, 5.41) is 6.63. The molecule has 3 aromatic rings. The van der Waals surface area contributed by atoms with E-state index >= 15 is 0 Å². The van der Waals surface area contributed by atoms with Gasteiger partial charge in [0.2, 0.25) is 5.91 Å². The van der Waals surface area contributed by atoms with Crippen molar-refractivity contribution in [3.05, 3.63) is 71.0 Å². The fraction of sp³-hybridized carbons (Fsp3) is 0.200. The monoisotopic (exact) mass is 396 g/mol. The summed E-state index contributed by atoms with van der Waals surface area (Å²) >= 11 is 6.06. The van der Waals surface area contributed by atoms with Crippen molar-refractivity contribution in [2.75, 3.05) is 18.4 Å². The molecular weight excluding hydrogens is 376 g/mol. The second kappa shape index (κ2) is 9.14. The highest BCUT2D eigenvalue weighted by molar-refractivity contribution is 6.32. The highest BCUT2D eigenvalue weighted by Gasteiger charge is 2.06. The van der Waals surface area contributed by atoms with Gasteiger partial charge in [0.25, 0.3) is 0 Å². The van der Waals surface area contributed by atoms with Crippen LogP contribution in [0.2, 0.25) is 5.02 Å². The van der Waals surface area contributed by atoms with Gasteiger partial charge in [-0.1, -0.05) is 29.8 Å². The zero-order valence-corrected chi connectivity index (χ0v) is 16.4. The van der Waals surface area contributed by atoms with E-state index in [1.807, 2.05) is 48.9 Å². The van der Waals surface area contributed by atoms with Crippen LogP contribution in [0.5, 0.6) is 0 Å². The second-order valence-electron chi connectivity index (χ2n) is 6.08. The Labute approximate surface area is 168 Å². The normalized spacial score (nSPS) is 11.0. The molecule has 28 heavy (non-hydrogen) atoms. The van der Waals surface area contributed by atoms with Crippen LogP contribution < -0.4 is 10.6 Å². The zero-order valence-electron chi connectivity index (χ0n) is 15.7. The number of nitrogens with zero attached hydrogens (tertiary/aromatic N) is 4. The average Bonchev–Trinajstić information content (AvgIpc) is 3.10. The van der Waals surface area contributed by atoms with Crippen molar-refractivity contribution in [2.45, 2.75) is 13.8 Å². The van der Waals surface area contributed by atoms with Crippen LogP contribution in [0, 0.1) is 13.8 Å². The summed E-state index contributed by atoms with van der Waals surface area (Å²) in [6.45, 7) is 4.73. The minimum atomic E-state index is -0.185. The summed E-state index contributed by atoms with van der Waals surface area (Å²) in [6.07, 6.45) is 6.74. The van der Waals surface area contributed by atoms with E-state index in [4.69, 9.17) is 11.6 Å². The molecule has 0 saturated carbocycles. The number of amides is 1. The Morgan fingerprint density at radius 3 is 2.79 bits per heavy atom. The molecule has 0 aliphatic rings. The molecule has 0 radical (unpaired) electrons. The van der Waals surface area contributed by atoms with Gasteiger partial charge >= 0.3 is 0 Å². The lowest BCUT2D eigenvalue weighted by Crippen LogP contribution is -2.27. The molecule has 0 bridgehead atoms. The third-order valence-electron chi connectivity index (χ3n) is 3.95. The molecule has 3 rings (SSSR count). The largest absolute Gasteiger partial charge is 0.368 e. The van der Waals surface area contributed by atoms with Crippen LogP contribution >= 0.6 is 11.6 Å². The van der Waals surface area contributed by atoms with Gasteiger partial charge in [0.15, 0.2) is 0 Å². The summed E-state index contributed by atoms with van der Waals surface area (Å²) in [6, 6.07) is 9.20. The van der Waals surface area contributed by atoms with Gasteiger partial charge < -0.3 is 10.6 Å². The summed E-state index contributed by atoms with van der Waals surface area (Å²) in [7, 11) is 0. The molecule has 2 N–H and O–H groups in total. The number of aryl methyl sites for hydroxylation is 2. The van der Waals surface area contributed by atoms with E-state index in [-0.39, 0.29) is 5.91 Å². The summed E-state index contributed by atoms with van der Waals surface area (Å²) in [5.74, 6) is 2.75. The van der Waals surface area contributed by atoms with Crippen LogP contribution in [-0.2, 0) is 4.79 Å². The molecule has 0 aliphatic carbocycles. The molecule has 0 saturated heterocycles. The number of anilines is 1. The number of rotatable bonds is 7. The Kier molecular flexibility index (Phi) is 6.39. The van der Waals surface area contributed by atoms with E-state index in [1.165, 1.54) is 6.08 Å². The Hall–Kier alpha value is -3.19. The Morgan fingerprint density at radius 2 is 2.04 bits per heavy atom. The van der Waals surface area contributed by atoms with Gasteiger partial charge in [-0.15, -0.1) is 0 Å². The van der Waals surface area contributed by atoms with E-state index < -0.39 is 0 Å². The molecule has 2 heterocycles. The first-order valence-corrected chi connectivity index (χ1v) is 9.21. The molecular formula is C20H21ClN6O. The third-order valence-corrected chi connectivity index (χ3v) is 4.29. The van der Waals surface area contributed by atoms with Crippen LogP contribution in [0.15, 0.2) is 48.8 Å². The number of nitrogens with one attached hydrogen (secondary N) is 2. The first-order chi connectivity index (χ1) is 13.5. The van der Waals surface area contributed by atoms with Crippen molar-refractivity contribution in [3.63, 3.8) is 0 Å². The summed E-state index contributed by atoms with van der Waals surface area (Å²) in [5.41, 5.74) is 0.802. The van der Waals surface area contributed by atoms with Crippen LogP contribution in [0.3, 0.4) is 0 Å². The molecule has 2 aromatic heterocycles. The van der Waals surface area contributed by atoms with Gasteiger partial charge in [-0.2, -0.15) is 0 Å². The first-order valence-electron chi connectivity index (χ1n) is 8.83. The van der Waals surface area contributed by atoms with Crippen molar-refractivity contribution in [1.29, 1.82) is 0 Å². The van der Waals surface area contributed by atoms with Crippen molar-refractivity contribution in [3.8, 4) is 5.82 Å². The van der Waals surface area contributed by atoms with Crippen molar-refractivity contribution in [1.82, 2.24) is 24.8 Å². The predicted octanol–water partition coefficient (Wildman–Crippen LogP) is 3.17. The van der Waals surface area contributed by atoms with E-state index in [2.05, 4.69) is 25.6 Å². The summed E-state index contributed by atoms with van der Waals surface area (Å²) < 4.78 is 1.89. The highest BCUT2D eigenvalue weighted by Crippen LogP contribution is 2.16. The lowest BCUT2D eigenvalue weighted by molar-refractivity contribution is -0.116. The van der Waals surface area contributed by atoms with Gasteiger partial charge in [-0.25, -0.2) is 15.0 Å². The molecule has 0 aliphatic heterocycles. The summed E-state index contributed by atoms with van der Waals surface area (Å²) in [4.78, 5) is 25.0. The maximum atomic E-state index is 11.9. The molecule has 1 aromatic carbocycles. The Bertz CT molecular complexity index is 998. The molecule has 0 spiro atoms. The molecule has 8 heteroatoms. The lowest BCUT2D eigenvalue weighted by Gasteiger charge is -2.10. The Balaban J connectivity index is 1.51. The van der Waals surface area contributed by atoms with Crippen molar-refractivity contribution in [2.24, 2.45) is 0 Å². The van der Waals surface area contributed by atoms with Gasteiger partial charge in [0, 0.05) is 42.6 Å². The van der Waals surface area contributed by atoms with Gasteiger partial charge in [0.05, 0.1) is 0 Å². The number of hydrogen-bond donors (Lipinski definition) is 2. The van der Waals surface area contributed by atoms with E-state index in [0.717, 1.165) is 17.2 Å². The number of carbonyl (C=O) groups is 1. The van der Waals surface area contributed by atoms with E-state index in [1.54, 1.807) is 18.3 Å². The van der Waals surface area contributed by atoms with Crippen LogP contribution in [-0.4, -0.2) is 38.5 Å². The number of imidazole rings is 1. The number of halogens is 1. The number of benzene rings is 1. The van der Waals surface area contributed by atoms with Gasteiger partial charge in [-0.3, -0.25) is 9.36 Å². The Morgan fingerprint density at radius 1 is 1.21 bits per heavy atom. The second-order valence-corrected chi connectivity index (χ2v) is 6.48. The third kappa shape index (κ3) is 5.17. The minimum absolute atomic E-state index is 0.185. The molecule has 0 unspecified atom stereocenters. The molecule has 0 fully saturated rings. The maximum absolute atomic E-state index is 11.9. The van der Waals surface area contributed by atoms with Crippen LogP contribution in [0.4, 0.5) is 5.82 Å². The number of aromatic nitrogens is 4. The van der Waals surface area contributed by atoms with Crippen LogP contribution in [0.25, 0.3) is 11.9 Å². The molecule has 7 nitrogen and oxygen atoms in total. The highest BCUT2D eigenvalue weighted by atomic mass is 35.5. The molecule has 144 valence electrons. The quantitative estimate of drug-likeness (QED) is 0.473. The van der Waals surface area contributed by atoms with E-state index in [0.29, 0.717) is 29.8 Å². The van der Waals surface area contributed by atoms with Gasteiger partial charge in [-0.05, 0) is 31.6 Å². The fourth-order valence-corrected chi connectivity index (χ4v) is 2.80. The lowest BCUT2D eigenvalue weighted by atomic mass is 10.2. The van der Waals surface area contributed by atoms with Crippen LogP contribution in [0.1, 0.15) is 17.2 Å². The zero-order chi connectivity index (χ0) is 19.9. The minimum Gasteiger partial charge on any atom is -0.368 e. The smallest absolute Gasteiger partial charge is 0.244 e. The number of hydrogen-bond acceptors (Lipinski definition) is 5. The first kappa shape index (κ1) is 19.6.